The van der Waals surface area contributed by atoms with Gasteiger partial charge < -0.3 is 35.0 Å². The highest BCUT2D eigenvalue weighted by molar-refractivity contribution is 7.52. The van der Waals surface area contributed by atoms with Crippen LogP contribution in [0, 0.1) is 17.3 Å². The van der Waals surface area contributed by atoms with Gasteiger partial charge in [0.05, 0.1) is 28.7 Å². The molecule has 3 fully saturated rings. The lowest BCUT2D eigenvalue weighted by molar-refractivity contribution is -0.147. The second-order valence-corrected chi connectivity index (χ2v) is 21.9. The molecule has 1 unspecified atom stereocenters. The zero-order valence-corrected chi connectivity index (χ0v) is 41.0. The van der Waals surface area contributed by atoms with Crippen LogP contribution < -0.4 is 16.0 Å². The van der Waals surface area contributed by atoms with E-state index in [0.717, 1.165) is 46.8 Å². The third kappa shape index (κ3) is 10.7. The van der Waals surface area contributed by atoms with Crippen LogP contribution in [-0.2, 0) is 38.9 Å². The maximum atomic E-state index is 14.8. The Balaban J connectivity index is 0.942. The van der Waals surface area contributed by atoms with Crippen molar-refractivity contribution in [3.63, 3.8) is 0 Å². The molecule has 0 bridgehead atoms. The van der Waals surface area contributed by atoms with Crippen LogP contribution >= 0.6 is 18.9 Å². The van der Waals surface area contributed by atoms with Crippen molar-refractivity contribution in [2.75, 3.05) is 32.8 Å². The van der Waals surface area contributed by atoms with Crippen LogP contribution in [0.3, 0.4) is 0 Å². The summed E-state index contributed by atoms with van der Waals surface area (Å²) in [6.45, 7) is 5.31. The molecular weight excluding hydrogens is 978 g/mol. The molecule has 3 saturated heterocycles. The molecule has 4 aliphatic rings. The van der Waals surface area contributed by atoms with Gasteiger partial charge in [0.25, 0.3) is 17.7 Å². The number of nitrogens with zero attached hydrogens (tertiary/aromatic N) is 3. The number of carbonyl (C=O) groups is 8. The maximum Gasteiger partial charge on any atom is 0.399 e. The summed E-state index contributed by atoms with van der Waals surface area (Å²) in [6, 6.07) is 15.1. The van der Waals surface area contributed by atoms with Crippen LogP contribution in [-0.4, -0.2) is 129 Å². The van der Waals surface area contributed by atoms with E-state index in [9.17, 15) is 61.5 Å². The number of benzene rings is 3. The fourth-order valence-electron chi connectivity index (χ4n) is 9.39. The molecule has 8 rings (SSSR count). The Hall–Kier alpha value is -6.69. The first kappa shape index (κ1) is 51.7. The second kappa shape index (κ2) is 20.4. The summed E-state index contributed by atoms with van der Waals surface area (Å²) in [5, 5.41) is 7.71. The Kier molecular flexibility index (Phi) is 14.7. The summed E-state index contributed by atoms with van der Waals surface area (Å²) < 4.78 is 47.1. The first-order chi connectivity index (χ1) is 34.0. The second-order valence-electron chi connectivity index (χ2n) is 19.2. The van der Waals surface area contributed by atoms with Crippen molar-refractivity contribution in [2.45, 2.75) is 88.7 Å². The van der Waals surface area contributed by atoms with E-state index in [1.807, 2.05) is 30.3 Å². The number of thiophene rings is 1. The highest BCUT2D eigenvalue weighted by atomic mass is 32.1. The van der Waals surface area contributed by atoms with Gasteiger partial charge in [-0.25, -0.2) is 0 Å². The van der Waals surface area contributed by atoms with Gasteiger partial charge in [-0.05, 0) is 72.0 Å². The van der Waals surface area contributed by atoms with E-state index in [2.05, 4.69) is 27.8 Å². The predicted octanol–water partition coefficient (Wildman–Crippen LogP) is 4.23. The average Bonchev–Trinajstić information content (AvgIpc) is 4.04. The lowest BCUT2D eigenvalue weighted by atomic mass is 9.85. The quantitative estimate of drug-likeness (QED) is 0.0760. The summed E-state index contributed by atoms with van der Waals surface area (Å²) in [7, 11) is -5.86. The fraction of sp³-hybridized carbons (Fsp3) is 0.400. The highest BCUT2D eigenvalue weighted by Crippen LogP contribution is 2.59. The molecule has 8 amide bonds. The van der Waals surface area contributed by atoms with Gasteiger partial charge in [0.2, 0.25) is 29.5 Å². The largest absolute Gasteiger partial charge is 0.399 e. The van der Waals surface area contributed by atoms with Crippen LogP contribution in [0.4, 0.5) is 8.78 Å². The molecular formula is C50H51F2N6O12PS. The number of alkyl halides is 2. The number of hydrogen-bond acceptors (Lipinski definition) is 11. The summed E-state index contributed by atoms with van der Waals surface area (Å²) in [4.78, 5) is 129. The van der Waals surface area contributed by atoms with Gasteiger partial charge in [-0.2, -0.15) is 8.78 Å². The van der Waals surface area contributed by atoms with Gasteiger partial charge >= 0.3 is 13.3 Å². The minimum atomic E-state index is -5.86. The summed E-state index contributed by atoms with van der Waals surface area (Å²) in [5.74, 6) is 0.929. The van der Waals surface area contributed by atoms with Crippen molar-refractivity contribution in [1.29, 1.82) is 0 Å². The van der Waals surface area contributed by atoms with Crippen LogP contribution in [0.2, 0.25) is 0 Å². The van der Waals surface area contributed by atoms with Crippen LogP contribution in [0.5, 0.6) is 0 Å². The molecule has 72 heavy (non-hydrogen) atoms. The van der Waals surface area contributed by atoms with Crippen molar-refractivity contribution in [3.8, 4) is 11.8 Å². The Morgan fingerprint density at radius 3 is 2.39 bits per heavy atom. The first-order valence-electron chi connectivity index (χ1n) is 23.2. The Morgan fingerprint density at radius 1 is 0.944 bits per heavy atom. The predicted molar refractivity (Wildman–Crippen MR) is 256 cm³/mol. The number of likely N-dealkylation sites (tertiary alicyclic amines) is 2. The Bertz CT molecular complexity index is 3000. The van der Waals surface area contributed by atoms with Crippen molar-refractivity contribution < 1.29 is 66.2 Å². The van der Waals surface area contributed by atoms with E-state index >= 15 is 0 Å². The van der Waals surface area contributed by atoms with E-state index in [0.29, 0.717) is 23.4 Å². The zero-order valence-electron chi connectivity index (χ0n) is 39.3. The summed E-state index contributed by atoms with van der Waals surface area (Å²) >= 11 is 0.929. The van der Waals surface area contributed by atoms with E-state index < -0.39 is 96.4 Å². The molecule has 0 radical (unpaired) electrons. The third-order valence-electron chi connectivity index (χ3n) is 13.2. The van der Waals surface area contributed by atoms with Crippen LogP contribution in [0.15, 0.2) is 72.8 Å². The minimum absolute atomic E-state index is 0.0115. The number of hydrogen-bond donors (Lipinski definition) is 5. The smallest absolute Gasteiger partial charge is 0.366 e. The van der Waals surface area contributed by atoms with Gasteiger partial charge in [0.1, 0.15) is 24.7 Å². The number of fused-ring (bicyclic) bond motifs is 2. The Labute approximate surface area is 416 Å². The molecule has 0 aliphatic carbocycles. The molecule has 4 aromatic rings. The molecule has 22 heteroatoms. The highest BCUT2D eigenvalue weighted by Gasteiger charge is 2.51. The number of piperidine rings is 2. The number of imide groups is 2. The third-order valence-corrected chi connectivity index (χ3v) is 15.3. The molecule has 5 atom stereocenters. The molecule has 1 aromatic heterocycles. The van der Waals surface area contributed by atoms with Gasteiger partial charge in [-0.3, -0.25) is 53.1 Å². The number of rotatable bonds is 12. The Morgan fingerprint density at radius 2 is 1.68 bits per heavy atom. The molecule has 18 nitrogen and oxygen atoms in total. The van der Waals surface area contributed by atoms with Gasteiger partial charge in [0.15, 0.2) is 0 Å². The fourth-order valence-corrected chi connectivity index (χ4v) is 10.8. The number of halogens is 2. The van der Waals surface area contributed by atoms with E-state index in [4.69, 9.17) is 4.74 Å². The normalized spacial score (nSPS) is 21.0. The maximum absolute atomic E-state index is 14.8. The SMILES string of the molecule is CC(C)(C)[C@H](NC(=O)c1cc2cc(C(F)(F)P(=O)(O)O)ccc2s1)C(=O)N1C[C@@H](OCC(=O)NCC#Cc2ccc3c(c2)C(=O)N(C2CCC(=O)NC2=O)C3=O)C[C@H]1C(=O)N1CCC[C@H](c2ccccc2)C1. The van der Waals surface area contributed by atoms with Gasteiger partial charge in [0, 0.05) is 54.2 Å². The van der Waals surface area contributed by atoms with E-state index in [-0.39, 0.29) is 65.6 Å². The molecule has 4 aliphatic heterocycles. The molecule has 0 spiro atoms. The topological polar surface area (TPSA) is 249 Å². The van der Waals surface area contributed by atoms with Crippen molar-refractivity contribution >= 4 is 76.3 Å². The van der Waals surface area contributed by atoms with Crippen molar-refractivity contribution in [2.24, 2.45) is 5.41 Å². The number of nitrogens with one attached hydrogen (secondary N) is 3. The summed E-state index contributed by atoms with van der Waals surface area (Å²) in [6.07, 6.45) is 0.812. The standard InChI is InChI=1S/C50H51F2N6O12PS/c1-49(2,3)42(55-44(62)39-23-31-22-32(14-17-38(31)72-39)50(51,52)71(67,68)69)48(66)57-26-33(24-37(57)47(65)56-20-8-12-30(25-56)29-10-5-4-6-11-29)70-27-41(60)53-19-7-9-28-13-15-34-35(21-28)46(64)58(45(34)63)36-16-18-40(59)54-43(36)61/h4-6,10-11,13-15,17,21-23,30,33,36-37,42H,8,12,16,18-20,24-27H2,1-3H3,(H,53,60)(H,55,62)(H,54,59,61)(H2,67,68,69)/t30-,33-,36?,37-,42+/m0/s1. The molecule has 5 heterocycles. The molecule has 5 N–H and O–H groups in total. The van der Waals surface area contributed by atoms with Crippen LogP contribution in [0.1, 0.15) is 106 Å². The number of ether oxygens (including phenoxy) is 1. The number of amides is 8. The van der Waals surface area contributed by atoms with Crippen molar-refractivity contribution in [1.82, 2.24) is 30.7 Å². The zero-order chi connectivity index (χ0) is 51.9. The van der Waals surface area contributed by atoms with E-state index in [1.54, 1.807) is 25.7 Å². The van der Waals surface area contributed by atoms with Gasteiger partial charge in [-0.15, -0.1) is 11.3 Å². The summed E-state index contributed by atoms with van der Waals surface area (Å²) in [5.41, 5.74) is -4.76. The number of carbonyl (C=O) groups excluding carboxylic acids is 8. The minimum Gasteiger partial charge on any atom is -0.366 e. The lowest BCUT2D eigenvalue weighted by Crippen LogP contribution is -2.58. The lowest BCUT2D eigenvalue weighted by Gasteiger charge is -2.38. The molecule has 0 saturated carbocycles. The van der Waals surface area contributed by atoms with E-state index in [1.165, 1.54) is 35.2 Å². The average molecular weight is 1030 g/mol. The van der Waals surface area contributed by atoms with Crippen molar-refractivity contribution in [3.05, 3.63) is 105 Å². The first-order valence-corrected chi connectivity index (χ1v) is 25.6. The monoisotopic (exact) mass is 1030 g/mol. The molecule has 3 aromatic carbocycles. The van der Waals surface area contributed by atoms with Crippen LogP contribution in [0.25, 0.3) is 10.1 Å². The van der Waals surface area contributed by atoms with Gasteiger partial charge in [-0.1, -0.05) is 69.0 Å². The molecule has 378 valence electrons.